The van der Waals surface area contributed by atoms with Crippen LogP contribution < -0.4 is 15.8 Å². The van der Waals surface area contributed by atoms with Crippen molar-refractivity contribution in [2.24, 2.45) is 0 Å². The average Bonchev–Trinajstić information content (AvgIpc) is 2.41. The second kappa shape index (κ2) is 6.50. The molecule has 2 aromatic rings. The van der Waals surface area contributed by atoms with E-state index in [9.17, 15) is 4.79 Å². The van der Waals surface area contributed by atoms with Crippen LogP contribution >= 0.6 is 11.6 Å². The Kier molecular flexibility index (Phi) is 4.70. The molecule has 0 saturated carbocycles. The zero-order chi connectivity index (χ0) is 15.4. The zero-order valence-corrected chi connectivity index (χ0v) is 12.6. The molecule has 0 spiro atoms. The van der Waals surface area contributed by atoms with Crippen molar-refractivity contribution in [1.29, 1.82) is 0 Å². The van der Waals surface area contributed by atoms with Crippen molar-refractivity contribution in [1.82, 2.24) is 0 Å². The summed E-state index contributed by atoms with van der Waals surface area (Å²) in [4.78, 5) is 12.1. The van der Waals surface area contributed by atoms with Crippen LogP contribution in [0.25, 0.3) is 0 Å². The molecule has 0 aliphatic carbocycles. The normalized spacial score (nSPS) is 11.8. The maximum Gasteiger partial charge on any atom is 0.265 e. The van der Waals surface area contributed by atoms with Crippen molar-refractivity contribution in [3.63, 3.8) is 0 Å². The summed E-state index contributed by atoms with van der Waals surface area (Å²) in [7, 11) is 0. The smallest absolute Gasteiger partial charge is 0.265 e. The van der Waals surface area contributed by atoms with Crippen LogP contribution in [0.1, 0.15) is 12.5 Å². The minimum absolute atomic E-state index is 0.241. The lowest BCUT2D eigenvalue weighted by atomic mass is 10.2. The molecular formula is C16H17ClN2O2. The maximum atomic E-state index is 12.1. The molecule has 2 rings (SSSR count). The molecule has 1 amide bonds. The summed E-state index contributed by atoms with van der Waals surface area (Å²) in [6.07, 6.45) is -0.633. The summed E-state index contributed by atoms with van der Waals surface area (Å²) in [5.41, 5.74) is 7.79. The van der Waals surface area contributed by atoms with Gasteiger partial charge < -0.3 is 15.8 Å². The maximum absolute atomic E-state index is 12.1. The quantitative estimate of drug-likeness (QED) is 0.848. The number of anilines is 2. The number of carbonyl (C=O) groups is 1. The van der Waals surface area contributed by atoms with Gasteiger partial charge in [-0.15, -0.1) is 0 Å². The van der Waals surface area contributed by atoms with E-state index in [2.05, 4.69) is 5.32 Å². The molecule has 1 unspecified atom stereocenters. The van der Waals surface area contributed by atoms with Gasteiger partial charge in [0.05, 0.1) is 0 Å². The number of ether oxygens (including phenoxy) is 1. The number of carbonyl (C=O) groups excluding carboxylic acids is 1. The lowest BCUT2D eigenvalue weighted by Gasteiger charge is -2.16. The molecule has 0 aromatic heterocycles. The van der Waals surface area contributed by atoms with Gasteiger partial charge in [0.15, 0.2) is 6.10 Å². The largest absolute Gasteiger partial charge is 0.481 e. The van der Waals surface area contributed by atoms with Crippen LogP contribution in [-0.2, 0) is 4.79 Å². The number of nitrogens with two attached hydrogens (primary N) is 1. The van der Waals surface area contributed by atoms with E-state index in [0.717, 1.165) is 5.56 Å². The lowest BCUT2D eigenvalue weighted by Crippen LogP contribution is -2.30. The molecular weight excluding hydrogens is 288 g/mol. The molecule has 21 heavy (non-hydrogen) atoms. The first-order valence-corrected chi connectivity index (χ1v) is 6.92. The van der Waals surface area contributed by atoms with Crippen molar-refractivity contribution in [3.8, 4) is 5.75 Å². The summed E-state index contributed by atoms with van der Waals surface area (Å²) in [6, 6.07) is 12.3. The van der Waals surface area contributed by atoms with E-state index in [1.165, 1.54) is 0 Å². The number of benzene rings is 2. The van der Waals surface area contributed by atoms with E-state index in [1.54, 1.807) is 49.4 Å². The minimum atomic E-state index is -0.633. The molecule has 110 valence electrons. The van der Waals surface area contributed by atoms with Gasteiger partial charge in [-0.1, -0.05) is 17.7 Å². The third-order valence-corrected chi connectivity index (χ3v) is 3.20. The highest BCUT2D eigenvalue weighted by Crippen LogP contribution is 2.23. The number of aryl methyl sites for hydroxylation is 1. The second-order valence-electron chi connectivity index (χ2n) is 4.78. The highest BCUT2D eigenvalue weighted by atomic mass is 35.5. The van der Waals surface area contributed by atoms with Crippen LogP contribution in [0.2, 0.25) is 5.02 Å². The van der Waals surface area contributed by atoms with Crippen LogP contribution in [0, 0.1) is 6.92 Å². The Hall–Kier alpha value is -2.20. The summed E-state index contributed by atoms with van der Waals surface area (Å²) in [5.74, 6) is 0.393. The predicted molar refractivity (Wildman–Crippen MR) is 85.8 cm³/mol. The molecule has 0 radical (unpaired) electrons. The number of nitrogens with one attached hydrogen (secondary N) is 1. The molecule has 4 nitrogen and oxygen atoms in total. The molecule has 5 heteroatoms. The van der Waals surface area contributed by atoms with Gasteiger partial charge >= 0.3 is 0 Å². The summed E-state index contributed by atoms with van der Waals surface area (Å²) in [5, 5.41) is 3.40. The minimum Gasteiger partial charge on any atom is -0.481 e. The van der Waals surface area contributed by atoms with E-state index >= 15 is 0 Å². The SMILES string of the molecule is Cc1cc(Cl)ccc1OC(C)C(=O)Nc1cccc(N)c1. The van der Waals surface area contributed by atoms with Crippen LogP contribution in [0.15, 0.2) is 42.5 Å². The van der Waals surface area contributed by atoms with Gasteiger partial charge in [-0.3, -0.25) is 4.79 Å². The van der Waals surface area contributed by atoms with Crippen LogP contribution in [0.5, 0.6) is 5.75 Å². The Labute approximate surface area is 128 Å². The molecule has 1 atom stereocenters. The number of rotatable bonds is 4. The van der Waals surface area contributed by atoms with Gasteiger partial charge in [0.25, 0.3) is 5.91 Å². The third kappa shape index (κ3) is 4.13. The molecule has 2 aromatic carbocycles. The number of hydrogen-bond acceptors (Lipinski definition) is 3. The standard InChI is InChI=1S/C16H17ClN2O2/c1-10-8-12(17)6-7-15(10)21-11(2)16(20)19-14-5-3-4-13(18)9-14/h3-9,11H,18H2,1-2H3,(H,19,20). The monoisotopic (exact) mass is 304 g/mol. The Morgan fingerprint density at radius 1 is 1.29 bits per heavy atom. The molecule has 0 saturated heterocycles. The number of hydrogen-bond donors (Lipinski definition) is 2. The van der Waals surface area contributed by atoms with Crippen molar-refractivity contribution in [2.75, 3.05) is 11.1 Å². The van der Waals surface area contributed by atoms with E-state index in [-0.39, 0.29) is 5.91 Å². The van der Waals surface area contributed by atoms with E-state index in [4.69, 9.17) is 22.1 Å². The van der Waals surface area contributed by atoms with Crippen LogP contribution in [0.3, 0.4) is 0 Å². The van der Waals surface area contributed by atoms with E-state index < -0.39 is 6.10 Å². The van der Waals surface area contributed by atoms with Gasteiger partial charge in [0.2, 0.25) is 0 Å². The number of nitrogen functional groups attached to an aromatic ring is 1. The van der Waals surface area contributed by atoms with Crippen molar-refractivity contribution in [3.05, 3.63) is 53.1 Å². The Bertz CT molecular complexity index is 658. The van der Waals surface area contributed by atoms with Gasteiger partial charge in [-0.25, -0.2) is 0 Å². The van der Waals surface area contributed by atoms with E-state index in [0.29, 0.717) is 22.1 Å². The Morgan fingerprint density at radius 2 is 2.05 bits per heavy atom. The third-order valence-electron chi connectivity index (χ3n) is 2.96. The summed E-state index contributed by atoms with van der Waals surface area (Å²) >= 11 is 5.89. The Balaban J connectivity index is 2.02. The van der Waals surface area contributed by atoms with Crippen molar-refractivity contribution < 1.29 is 9.53 Å². The van der Waals surface area contributed by atoms with Crippen LogP contribution in [0.4, 0.5) is 11.4 Å². The molecule has 0 fully saturated rings. The molecule has 3 N–H and O–H groups in total. The van der Waals surface area contributed by atoms with Gasteiger partial charge in [-0.2, -0.15) is 0 Å². The second-order valence-corrected chi connectivity index (χ2v) is 5.22. The summed E-state index contributed by atoms with van der Waals surface area (Å²) < 4.78 is 5.66. The fraction of sp³-hybridized carbons (Fsp3) is 0.188. The Morgan fingerprint density at radius 3 is 2.71 bits per heavy atom. The van der Waals surface area contributed by atoms with Crippen molar-refractivity contribution >= 4 is 28.9 Å². The predicted octanol–water partition coefficient (Wildman–Crippen LogP) is 3.64. The zero-order valence-electron chi connectivity index (χ0n) is 11.9. The number of amides is 1. The van der Waals surface area contributed by atoms with Gasteiger partial charge in [-0.05, 0) is 55.8 Å². The fourth-order valence-corrected chi connectivity index (χ4v) is 2.08. The lowest BCUT2D eigenvalue weighted by molar-refractivity contribution is -0.122. The average molecular weight is 305 g/mol. The first-order chi connectivity index (χ1) is 9.95. The van der Waals surface area contributed by atoms with Gasteiger partial charge in [0.1, 0.15) is 5.75 Å². The topological polar surface area (TPSA) is 64.3 Å². The highest BCUT2D eigenvalue weighted by molar-refractivity contribution is 6.30. The van der Waals surface area contributed by atoms with Crippen LogP contribution in [-0.4, -0.2) is 12.0 Å². The molecule has 0 aliphatic heterocycles. The van der Waals surface area contributed by atoms with Crippen molar-refractivity contribution in [2.45, 2.75) is 20.0 Å². The van der Waals surface area contributed by atoms with Gasteiger partial charge in [0, 0.05) is 16.4 Å². The molecule has 0 heterocycles. The first-order valence-electron chi connectivity index (χ1n) is 6.55. The first kappa shape index (κ1) is 15.2. The number of halogens is 1. The summed E-state index contributed by atoms with van der Waals surface area (Å²) in [6.45, 7) is 3.57. The fourth-order valence-electron chi connectivity index (χ4n) is 1.85. The molecule has 0 bridgehead atoms. The van der Waals surface area contributed by atoms with E-state index in [1.807, 2.05) is 6.92 Å². The molecule has 0 aliphatic rings. The highest BCUT2D eigenvalue weighted by Gasteiger charge is 2.16.